The van der Waals surface area contributed by atoms with Crippen molar-refractivity contribution in [3.63, 3.8) is 0 Å². The summed E-state index contributed by atoms with van der Waals surface area (Å²) in [5.41, 5.74) is 14.7. The fourth-order valence-corrected chi connectivity index (χ4v) is 9.47. The van der Waals surface area contributed by atoms with Crippen LogP contribution >= 0.6 is 0 Å². The molecular weight excluding hydrogens is 1510 g/mol. The van der Waals surface area contributed by atoms with Crippen molar-refractivity contribution in [2.75, 3.05) is 0 Å². The quantitative estimate of drug-likeness (QED) is 0.0786. The predicted molar refractivity (Wildman–Crippen MR) is 504 cm³/mol. The maximum atomic E-state index is 4.98. The fourth-order valence-electron chi connectivity index (χ4n) is 9.47. The van der Waals surface area contributed by atoms with Gasteiger partial charge in [0, 0.05) is 163 Å². The molecule has 0 saturated heterocycles. The van der Waals surface area contributed by atoms with E-state index in [1.165, 1.54) is 51.4 Å². The molecule has 14 rings (SSSR count). The Balaban J connectivity index is 0.000000657. The smallest absolute Gasteiger partial charge is 0.228 e. The van der Waals surface area contributed by atoms with Crippen molar-refractivity contribution in [1.29, 1.82) is 0 Å². The first kappa shape index (κ1) is 108. The van der Waals surface area contributed by atoms with E-state index in [1.54, 1.807) is 80.9 Å². The van der Waals surface area contributed by atoms with Crippen LogP contribution in [0.4, 0.5) is 0 Å². The summed E-state index contributed by atoms with van der Waals surface area (Å²) < 4.78 is 9.72. The van der Waals surface area contributed by atoms with Crippen LogP contribution in [0.1, 0.15) is 368 Å². The Morgan fingerprint density at radius 3 is 1.18 bits per heavy atom. The number of hydrogen-bond donors (Lipinski definition) is 4. The second-order valence-corrected chi connectivity index (χ2v) is 32.7. The van der Waals surface area contributed by atoms with Gasteiger partial charge in [-0.15, -0.1) is 0 Å². The van der Waals surface area contributed by atoms with Crippen molar-refractivity contribution in [2.24, 2.45) is 0 Å². The van der Waals surface area contributed by atoms with Crippen molar-refractivity contribution >= 4 is 0 Å². The lowest BCUT2D eigenvalue weighted by molar-refractivity contribution is 0.364. The summed E-state index contributed by atoms with van der Waals surface area (Å²) in [4.78, 5) is 65.5. The van der Waals surface area contributed by atoms with E-state index in [1.807, 2.05) is 145 Å². The number of nitrogens with one attached hydrogen (secondary N) is 4. The average molecular weight is 1660 g/mol. The van der Waals surface area contributed by atoms with E-state index in [0.29, 0.717) is 88.7 Å². The molecule has 0 aliphatic carbocycles. The predicted octanol–water partition coefficient (Wildman–Crippen LogP) is 26.8. The van der Waals surface area contributed by atoms with Gasteiger partial charge in [0.15, 0.2) is 12.2 Å². The van der Waals surface area contributed by atoms with Gasteiger partial charge in [0.2, 0.25) is 5.89 Å². The summed E-state index contributed by atoms with van der Waals surface area (Å²) in [6, 6.07) is 38.8. The minimum absolute atomic E-state index is 0.345. The molecule has 660 valence electrons. The van der Waals surface area contributed by atoms with Gasteiger partial charge in [-0.1, -0.05) is 241 Å². The number of H-pyrrole nitrogens is 4. The molecule has 0 atom stereocenters. The molecule has 0 aliphatic rings. The Morgan fingerprint density at radius 1 is 0.295 bits per heavy atom. The third-order valence-corrected chi connectivity index (χ3v) is 17.1. The molecule has 0 aliphatic heterocycles. The topological polar surface area (TPSA) is 296 Å². The van der Waals surface area contributed by atoms with Gasteiger partial charge in [-0.3, -0.25) is 35.0 Å². The van der Waals surface area contributed by atoms with E-state index in [9.17, 15) is 0 Å². The Morgan fingerprint density at radius 2 is 0.869 bits per heavy atom. The van der Waals surface area contributed by atoms with E-state index >= 15 is 0 Å². The number of nitrogens with zero attached hydrogens (tertiary/aromatic N) is 16. The highest BCUT2D eigenvalue weighted by Crippen LogP contribution is 2.18. The molecule has 14 aromatic rings. The number of aromatic amines is 4. The van der Waals surface area contributed by atoms with Gasteiger partial charge < -0.3 is 23.9 Å². The standard InChI is InChI=1S/C10H15N.C9H12.3C8H11N.3C7H10N2.C7H11N.3C6H10N2.C6H9NO.C5H8N2O/c1-7(2)10-6-8(3)5-9(4)11-10;1-8(2)9-6-4-3-5-7-9;1-7(2)8-3-5-9-6-4-8;1-7(2)8-4-3-5-9-6-8;1-7(2)8-5-3-4-6-9-8;1-6(2)7-5-8-3-4-9-7;1-6(2)7-3-4-8-5-9-7;1-6(2)7-8-4-3-5-9-7;1-6(2)7-4-3-5-8-7;1-5(2)6-3-7-4-8-6;1-5(2)6-7-3-4-8-6;1-5(2)6-3-4-7-8-6;1-5(2)6-7-3-4-8-6;1-4(2)5-6-3-7-8-5/h5-7H,1-4H3;3-8H,1-2H3;3*3-7H,1-2H3;3*3-6H,1-2H3;3-6,8H,1-2H3;3*3-5H,1-2H3,(H,7,8);3-5H,1-2H3;3-4H,1-2H3. The molecule has 122 heavy (non-hydrogen) atoms. The zero-order valence-electron chi connectivity index (χ0n) is 79.1. The number of hydrogen-bond acceptors (Lipinski definition) is 18. The highest BCUT2D eigenvalue weighted by atomic mass is 16.5. The lowest BCUT2D eigenvalue weighted by Gasteiger charge is -2.06. The summed E-state index contributed by atoms with van der Waals surface area (Å²) in [6.07, 6.45) is 36.8. The molecule has 13 heterocycles. The highest BCUT2D eigenvalue weighted by Gasteiger charge is 2.07. The van der Waals surface area contributed by atoms with Gasteiger partial charge >= 0.3 is 0 Å². The molecule has 0 spiro atoms. The Labute approximate surface area is 732 Å². The molecule has 22 nitrogen and oxygen atoms in total. The average Bonchev–Trinajstić information content (AvgIpc) is 1.36. The van der Waals surface area contributed by atoms with Crippen LogP contribution < -0.4 is 0 Å². The summed E-state index contributed by atoms with van der Waals surface area (Å²) in [7, 11) is 0. The lowest BCUT2D eigenvalue weighted by Crippen LogP contribution is -1.95. The molecule has 0 amide bonds. The minimum Gasteiger partial charge on any atom is -0.449 e. The molecule has 0 bridgehead atoms. The second kappa shape index (κ2) is 65.1. The van der Waals surface area contributed by atoms with Gasteiger partial charge in [0.1, 0.15) is 24.2 Å². The van der Waals surface area contributed by atoms with Crippen LogP contribution in [-0.2, 0) is 0 Å². The van der Waals surface area contributed by atoms with E-state index in [4.69, 9.17) is 8.94 Å². The van der Waals surface area contributed by atoms with Gasteiger partial charge in [0.05, 0.1) is 18.2 Å². The molecule has 0 radical (unpaired) electrons. The van der Waals surface area contributed by atoms with Crippen LogP contribution in [0.2, 0.25) is 0 Å². The van der Waals surface area contributed by atoms with Crippen LogP contribution in [0.25, 0.3) is 0 Å². The summed E-state index contributed by atoms with van der Waals surface area (Å²) in [6.45, 7) is 63.6. The first-order valence-electron chi connectivity index (χ1n) is 42.8. The van der Waals surface area contributed by atoms with E-state index in [-0.39, 0.29) is 0 Å². The fraction of sp³-hybridized carbons (Fsp3) is 0.440. The maximum Gasteiger partial charge on any atom is 0.228 e. The number of imidazole rings is 2. The normalized spacial score (nSPS) is 10.3. The number of rotatable bonds is 14. The van der Waals surface area contributed by atoms with E-state index < -0.39 is 0 Å². The molecule has 0 fully saturated rings. The van der Waals surface area contributed by atoms with Crippen LogP contribution in [-0.4, -0.2) is 100 Å². The zero-order chi connectivity index (χ0) is 91.2. The number of oxazole rings is 1. The molecular formula is C100H148N20O2. The SMILES string of the molecule is CC(C)c1ccc[nH]1.CC(C)c1ccccc1.CC(C)c1ccccn1.CC(C)c1cccnc1.CC(C)c1ccn[nH]1.CC(C)c1ccncc1.CC(C)c1ccncn1.CC(C)c1cnc[nH]1.CC(C)c1cnccn1.CC(C)c1ncc[nH]1.CC(C)c1ncccn1.CC(C)c1ncco1.CC(C)c1ncno1.Cc1cc(C)nc(C(C)C)c1. The monoisotopic (exact) mass is 1660 g/mol. The van der Waals surface area contributed by atoms with Crippen molar-refractivity contribution in [1.82, 2.24) is 100 Å². The number of pyridine rings is 4. The van der Waals surface area contributed by atoms with E-state index in [0.717, 1.165) is 40.3 Å². The van der Waals surface area contributed by atoms with Crippen molar-refractivity contribution in [2.45, 2.75) is 291 Å². The third-order valence-electron chi connectivity index (χ3n) is 17.1. The van der Waals surface area contributed by atoms with Gasteiger partial charge in [0.25, 0.3) is 0 Å². The molecule has 13 aromatic heterocycles. The first-order chi connectivity index (χ1) is 58.1. The van der Waals surface area contributed by atoms with Crippen LogP contribution in [0.5, 0.6) is 0 Å². The van der Waals surface area contributed by atoms with Crippen LogP contribution in [0.3, 0.4) is 0 Å². The van der Waals surface area contributed by atoms with E-state index in [2.05, 4.69) is 322 Å². The van der Waals surface area contributed by atoms with Gasteiger partial charge in [-0.25, -0.2) is 34.9 Å². The van der Waals surface area contributed by atoms with Gasteiger partial charge in [-0.05, 0) is 168 Å². The minimum atomic E-state index is 0.345. The van der Waals surface area contributed by atoms with Crippen molar-refractivity contribution in [3.8, 4) is 0 Å². The van der Waals surface area contributed by atoms with Crippen LogP contribution in [0.15, 0.2) is 255 Å². The molecule has 1 aromatic carbocycles. The summed E-state index contributed by atoms with van der Waals surface area (Å²) >= 11 is 0. The van der Waals surface area contributed by atoms with Crippen molar-refractivity contribution < 1.29 is 8.94 Å². The Hall–Kier alpha value is -11.7. The number of aromatic nitrogens is 20. The summed E-state index contributed by atoms with van der Waals surface area (Å²) in [5.74, 6) is 10.9. The largest absolute Gasteiger partial charge is 0.449 e. The molecule has 0 saturated carbocycles. The third kappa shape index (κ3) is 52.4. The van der Waals surface area contributed by atoms with Gasteiger partial charge in [-0.2, -0.15) is 10.1 Å². The first-order valence-corrected chi connectivity index (χ1v) is 42.8. The Kier molecular flexibility index (Phi) is 57.8. The molecule has 22 heteroatoms. The maximum absolute atomic E-state index is 4.98. The molecule has 4 N–H and O–H groups in total. The zero-order valence-corrected chi connectivity index (χ0v) is 79.1. The second-order valence-electron chi connectivity index (χ2n) is 32.7. The number of aryl methyl sites for hydroxylation is 2. The molecule has 0 unspecified atom stereocenters. The Bertz CT molecular complexity index is 3780. The lowest BCUT2D eigenvalue weighted by atomic mass is 10.0. The van der Waals surface area contributed by atoms with Crippen LogP contribution in [0, 0.1) is 13.8 Å². The number of benzene rings is 1. The van der Waals surface area contributed by atoms with Crippen molar-refractivity contribution in [3.05, 3.63) is 337 Å². The summed E-state index contributed by atoms with van der Waals surface area (Å²) in [5, 5.41) is 10.2. The highest BCUT2D eigenvalue weighted by molar-refractivity contribution is 5.22.